The van der Waals surface area contributed by atoms with Gasteiger partial charge in [-0.05, 0) is 31.8 Å². The summed E-state index contributed by atoms with van der Waals surface area (Å²) < 4.78 is 0. The van der Waals surface area contributed by atoms with Crippen LogP contribution in [0.15, 0.2) is 54.7 Å². The standard InChI is InChI=1S/C23H31N5O/c1-26(2)14-12-24-22-11-10-21(19-25-22)23(29)28-17-15-27(16-18-28)13-6-9-20-7-4-3-5-8-20/h3-11,19H,12-18H2,1-2H3,(H,24,25)/b9-6+. The van der Waals surface area contributed by atoms with E-state index in [1.165, 1.54) is 5.56 Å². The fourth-order valence-electron chi connectivity index (χ4n) is 3.25. The van der Waals surface area contributed by atoms with Crippen LogP contribution in [0.25, 0.3) is 6.08 Å². The number of piperazine rings is 1. The molecule has 1 aliphatic rings. The molecule has 0 aliphatic carbocycles. The Hall–Kier alpha value is -2.70. The Labute approximate surface area is 173 Å². The van der Waals surface area contributed by atoms with Crippen LogP contribution < -0.4 is 5.32 Å². The quantitative estimate of drug-likeness (QED) is 0.747. The number of carbonyl (C=O) groups is 1. The van der Waals surface area contributed by atoms with Crippen molar-refractivity contribution in [2.45, 2.75) is 0 Å². The Bertz CT molecular complexity index is 781. The average molecular weight is 394 g/mol. The number of anilines is 1. The molecule has 6 nitrogen and oxygen atoms in total. The predicted octanol–water partition coefficient (Wildman–Crippen LogP) is 2.53. The van der Waals surface area contributed by atoms with Gasteiger partial charge in [-0.3, -0.25) is 9.69 Å². The zero-order valence-corrected chi connectivity index (χ0v) is 17.4. The van der Waals surface area contributed by atoms with Crippen LogP contribution in [0.5, 0.6) is 0 Å². The molecule has 0 atom stereocenters. The number of aromatic nitrogens is 1. The smallest absolute Gasteiger partial charge is 0.255 e. The maximum absolute atomic E-state index is 12.7. The number of hydrogen-bond acceptors (Lipinski definition) is 5. The first-order valence-corrected chi connectivity index (χ1v) is 10.2. The summed E-state index contributed by atoms with van der Waals surface area (Å²) in [7, 11) is 4.08. The molecular formula is C23H31N5O. The second kappa shape index (κ2) is 10.7. The molecule has 1 fully saturated rings. The van der Waals surface area contributed by atoms with Gasteiger partial charge in [-0.15, -0.1) is 0 Å². The molecule has 1 amide bonds. The highest BCUT2D eigenvalue weighted by molar-refractivity contribution is 5.94. The minimum absolute atomic E-state index is 0.0665. The van der Waals surface area contributed by atoms with Crippen LogP contribution in [0.2, 0.25) is 0 Å². The lowest BCUT2D eigenvalue weighted by molar-refractivity contribution is 0.0650. The van der Waals surface area contributed by atoms with Crippen LogP contribution in [0.1, 0.15) is 15.9 Å². The maximum Gasteiger partial charge on any atom is 0.255 e. The zero-order chi connectivity index (χ0) is 20.5. The van der Waals surface area contributed by atoms with Gasteiger partial charge in [0.1, 0.15) is 5.82 Å². The summed E-state index contributed by atoms with van der Waals surface area (Å²) in [6.45, 7) is 5.96. The molecule has 2 heterocycles. The molecule has 0 unspecified atom stereocenters. The van der Waals surface area contributed by atoms with Crippen molar-refractivity contribution in [2.24, 2.45) is 0 Å². The first kappa shape index (κ1) is 21.0. The lowest BCUT2D eigenvalue weighted by Gasteiger charge is -2.34. The molecule has 0 spiro atoms. The van der Waals surface area contributed by atoms with Crippen LogP contribution in [0.3, 0.4) is 0 Å². The lowest BCUT2D eigenvalue weighted by Crippen LogP contribution is -2.48. The Kier molecular flexibility index (Phi) is 7.78. The molecule has 0 saturated carbocycles. The number of benzene rings is 1. The lowest BCUT2D eigenvalue weighted by atomic mass is 10.2. The molecule has 29 heavy (non-hydrogen) atoms. The highest BCUT2D eigenvalue weighted by atomic mass is 16.2. The number of hydrogen-bond donors (Lipinski definition) is 1. The van der Waals surface area contributed by atoms with Crippen LogP contribution in [-0.4, -0.2) is 85.5 Å². The fraction of sp³-hybridized carbons (Fsp3) is 0.391. The van der Waals surface area contributed by atoms with E-state index in [0.29, 0.717) is 5.56 Å². The minimum Gasteiger partial charge on any atom is -0.369 e. The Morgan fingerprint density at radius 1 is 1.10 bits per heavy atom. The molecule has 2 aromatic rings. The van der Waals surface area contributed by atoms with Gasteiger partial charge in [-0.1, -0.05) is 42.5 Å². The fourth-order valence-corrected chi connectivity index (χ4v) is 3.25. The normalized spacial score (nSPS) is 15.2. The second-order valence-corrected chi connectivity index (χ2v) is 7.57. The van der Waals surface area contributed by atoms with Gasteiger partial charge in [0.25, 0.3) is 5.91 Å². The van der Waals surface area contributed by atoms with E-state index < -0.39 is 0 Å². The molecular weight excluding hydrogens is 362 g/mol. The van der Waals surface area contributed by atoms with Gasteiger partial charge in [0.2, 0.25) is 0 Å². The van der Waals surface area contributed by atoms with E-state index in [9.17, 15) is 4.79 Å². The van der Waals surface area contributed by atoms with Gasteiger partial charge in [-0.2, -0.15) is 0 Å². The van der Waals surface area contributed by atoms with E-state index >= 15 is 0 Å². The van der Waals surface area contributed by atoms with E-state index in [-0.39, 0.29) is 5.91 Å². The highest BCUT2D eigenvalue weighted by Crippen LogP contribution is 2.11. The molecule has 154 valence electrons. The van der Waals surface area contributed by atoms with Crippen molar-refractivity contribution in [2.75, 3.05) is 65.2 Å². The monoisotopic (exact) mass is 393 g/mol. The van der Waals surface area contributed by atoms with Crippen molar-refractivity contribution >= 4 is 17.8 Å². The number of pyridine rings is 1. The van der Waals surface area contributed by atoms with E-state index in [0.717, 1.165) is 51.6 Å². The molecule has 0 radical (unpaired) electrons. The molecule has 6 heteroatoms. The van der Waals surface area contributed by atoms with Crippen LogP contribution in [-0.2, 0) is 0 Å². The highest BCUT2D eigenvalue weighted by Gasteiger charge is 2.21. The number of likely N-dealkylation sites (N-methyl/N-ethyl adjacent to an activating group) is 1. The van der Waals surface area contributed by atoms with Gasteiger partial charge >= 0.3 is 0 Å². The van der Waals surface area contributed by atoms with Gasteiger partial charge < -0.3 is 15.1 Å². The van der Waals surface area contributed by atoms with Crippen molar-refractivity contribution in [3.63, 3.8) is 0 Å². The summed E-state index contributed by atoms with van der Waals surface area (Å²) in [5.41, 5.74) is 1.87. The maximum atomic E-state index is 12.7. The first-order valence-electron chi connectivity index (χ1n) is 10.2. The van der Waals surface area contributed by atoms with E-state index in [4.69, 9.17) is 0 Å². The Morgan fingerprint density at radius 2 is 1.86 bits per heavy atom. The molecule has 1 aromatic carbocycles. The second-order valence-electron chi connectivity index (χ2n) is 7.57. The van der Waals surface area contributed by atoms with Crippen molar-refractivity contribution in [3.05, 3.63) is 65.9 Å². The topological polar surface area (TPSA) is 51.7 Å². The summed E-state index contributed by atoms with van der Waals surface area (Å²) in [4.78, 5) is 23.5. The minimum atomic E-state index is 0.0665. The first-order chi connectivity index (χ1) is 14.1. The van der Waals surface area contributed by atoms with Crippen LogP contribution in [0, 0.1) is 0 Å². The molecule has 1 aliphatic heterocycles. The van der Waals surface area contributed by atoms with Crippen molar-refractivity contribution in [3.8, 4) is 0 Å². The summed E-state index contributed by atoms with van der Waals surface area (Å²) in [6.07, 6.45) is 6.02. The number of amides is 1. The molecule has 1 aromatic heterocycles. The van der Waals surface area contributed by atoms with Gasteiger partial charge in [0.05, 0.1) is 5.56 Å². The number of rotatable bonds is 8. The van der Waals surface area contributed by atoms with Gasteiger partial charge in [0.15, 0.2) is 0 Å². The van der Waals surface area contributed by atoms with Crippen molar-refractivity contribution in [1.29, 1.82) is 0 Å². The van der Waals surface area contributed by atoms with E-state index in [2.05, 4.69) is 44.4 Å². The number of nitrogens with zero attached hydrogens (tertiary/aromatic N) is 4. The third-order valence-corrected chi connectivity index (χ3v) is 5.01. The number of carbonyl (C=O) groups excluding carboxylic acids is 1. The zero-order valence-electron chi connectivity index (χ0n) is 17.4. The van der Waals surface area contributed by atoms with Gasteiger partial charge in [-0.25, -0.2) is 4.98 Å². The van der Waals surface area contributed by atoms with Crippen LogP contribution >= 0.6 is 0 Å². The third-order valence-electron chi connectivity index (χ3n) is 5.01. The molecule has 1 N–H and O–H groups in total. The van der Waals surface area contributed by atoms with Crippen molar-refractivity contribution < 1.29 is 4.79 Å². The van der Waals surface area contributed by atoms with Crippen LogP contribution in [0.4, 0.5) is 5.82 Å². The van der Waals surface area contributed by atoms with E-state index in [1.807, 2.05) is 49.3 Å². The molecule has 0 bridgehead atoms. The summed E-state index contributed by atoms with van der Waals surface area (Å²) in [6, 6.07) is 14.1. The Balaban J connectivity index is 1.43. The largest absolute Gasteiger partial charge is 0.369 e. The van der Waals surface area contributed by atoms with Gasteiger partial charge in [0, 0.05) is 52.0 Å². The number of nitrogens with one attached hydrogen (secondary N) is 1. The Morgan fingerprint density at radius 3 is 2.52 bits per heavy atom. The molecule has 3 rings (SSSR count). The summed E-state index contributed by atoms with van der Waals surface area (Å²) in [5.74, 6) is 0.871. The average Bonchev–Trinajstić information content (AvgIpc) is 2.75. The SMILES string of the molecule is CN(C)CCNc1ccc(C(=O)N2CCN(C/C=C/c3ccccc3)CC2)cn1. The third kappa shape index (κ3) is 6.69. The predicted molar refractivity (Wildman–Crippen MR) is 119 cm³/mol. The van der Waals surface area contributed by atoms with E-state index in [1.54, 1.807) is 6.20 Å². The summed E-state index contributed by atoms with van der Waals surface area (Å²) >= 11 is 0. The summed E-state index contributed by atoms with van der Waals surface area (Å²) in [5, 5.41) is 3.27. The van der Waals surface area contributed by atoms with Crippen molar-refractivity contribution in [1.82, 2.24) is 19.7 Å². The molecule has 1 saturated heterocycles.